The summed E-state index contributed by atoms with van der Waals surface area (Å²) in [5.74, 6) is -1.01. The summed E-state index contributed by atoms with van der Waals surface area (Å²) in [6.07, 6.45) is -0.0662. The summed E-state index contributed by atoms with van der Waals surface area (Å²) >= 11 is 5.92. The highest BCUT2D eigenvalue weighted by Crippen LogP contribution is 2.20. The Bertz CT molecular complexity index is 974. The molecule has 2 aromatic carbocycles. The maximum Gasteiger partial charge on any atom is 0.272 e. The molecular weight excluding hydrogens is 386 g/mol. The number of nitrogens with two attached hydrogens (primary N) is 1. The first kappa shape index (κ1) is 20.8. The number of anilines is 2. The van der Waals surface area contributed by atoms with Gasteiger partial charge in [0.1, 0.15) is 0 Å². The number of hydrogen-bond donors (Lipinski definition) is 3. The van der Waals surface area contributed by atoms with Gasteiger partial charge < -0.3 is 11.1 Å². The number of halogens is 1. The molecule has 0 fully saturated rings. The summed E-state index contributed by atoms with van der Waals surface area (Å²) in [5.41, 5.74) is 9.36. The zero-order valence-corrected chi connectivity index (χ0v) is 15.9. The molecule has 0 aliphatic carbocycles. The van der Waals surface area contributed by atoms with E-state index in [4.69, 9.17) is 17.3 Å². The normalized spacial score (nSPS) is 11.0. The Morgan fingerprint density at radius 1 is 1.25 bits per heavy atom. The van der Waals surface area contributed by atoms with Crippen LogP contribution in [0.2, 0.25) is 5.02 Å². The van der Waals surface area contributed by atoms with E-state index >= 15 is 0 Å². The number of amides is 2. The Balaban J connectivity index is 2.00. The third-order valence-electron chi connectivity index (χ3n) is 3.65. The number of rotatable bonds is 6. The summed E-state index contributed by atoms with van der Waals surface area (Å²) in [6.45, 7) is 3.39. The number of aryl methyl sites for hydroxylation is 1. The van der Waals surface area contributed by atoms with E-state index in [9.17, 15) is 19.7 Å². The van der Waals surface area contributed by atoms with Crippen LogP contribution in [0, 0.1) is 17.0 Å². The van der Waals surface area contributed by atoms with Crippen molar-refractivity contribution in [1.29, 1.82) is 0 Å². The van der Waals surface area contributed by atoms with Crippen molar-refractivity contribution >= 4 is 46.2 Å². The fourth-order valence-electron chi connectivity index (χ4n) is 2.28. The first-order valence-electron chi connectivity index (χ1n) is 8.10. The zero-order chi connectivity index (χ0) is 20.8. The fourth-order valence-corrected chi connectivity index (χ4v) is 2.45. The number of nitrogens with zero attached hydrogens (tertiary/aromatic N) is 2. The maximum absolute atomic E-state index is 12.1. The lowest BCUT2D eigenvalue weighted by atomic mass is 10.1. The minimum absolute atomic E-state index is 0.0118. The number of hydrazone groups is 1. The van der Waals surface area contributed by atoms with E-state index < -0.39 is 10.8 Å². The second-order valence-corrected chi connectivity index (χ2v) is 6.48. The minimum atomic E-state index is -0.680. The second-order valence-electron chi connectivity index (χ2n) is 6.04. The van der Waals surface area contributed by atoms with Crippen LogP contribution in [-0.2, 0) is 4.79 Å². The highest BCUT2D eigenvalue weighted by molar-refractivity contribution is 6.31. The molecule has 0 heterocycles. The number of nitro benzene ring substituents is 1. The van der Waals surface area contributed by atoms with Crippen LogP contribution < -0.4 is 16.5 Å². The maximum atomic E-state index is 12.1. The first-order chi connectivity index (χ1) is 13.2. The molecule has 0 atom stereocenters. The van der Waals surface area contributed by atoms with E-state index in [0.29, 0.717) is 16.4 Å². The lowest BCUT2D eigenvalue weighted by molar-refractivity contribution is -0.384. The zero-order valence-electron chi connectivity index (χ0n) is 15.2. The van der Waals surface area contributed by atoms with Crippen LogP contribution in [0.5, 0.6) is 0 Å². The van der Waals surface area contributed by atoms with Gasteiger partial charge in [-0.05, 0) is 37.6 Å². The molecular formula is C18H18ClN5O4. The molecule has 0 aliphatic rings. The van der Waals surface area contributed by atoms with Gasteiger partial charge in [-0.15, -0.1) is 0 Å². The number of carbonyl (C=O) groups excluding carboxylic acids is 2. The number of nitro groups is 1. The van der Waals surface area contributed by atoms with E-state index in [0.717, 1.165) is 17.7 Å². The molecule has 0 bridgehead atoms. The summed E-state index contributed by atoms with van der Waals surface area (Å²) < 4.78 is 0. The van der Waals surface area contributed by atoms with Gasteiger partial charge in [0.25, 0.3) is 11.6 Å². The number of hydrogen-bond acceptors (Lipinski definition) is 6. The van der Waals surface area contributed by atoms with Crippen molar-refractivity contribution in [2.75, 3.05) is 11.1 Å². The van der Waals surface area contributed by atoms with Gasteiger partial charge in [0.15, 0.2) is 0 Å². The molecule has 0 radical (unpaired) electrons. The smallest absolute Gasteiger partial charge is 0.272 e. The summed E-state index contributed by atoms with van der Waals surface area (Å²) in [6, 6.07) is 8.66. The van der Waals surface area contributed by atoms with Crippen molar-refractivity contribution in [3.05, 3.63) is 62.7 Å². The molecule has 4 N–H and O–H groups in total. The third kappa shape index (κ3) is 5.78. The molecule has 0 saturated heterocycles. The van der Waals surface area contributed by atoms with Crippen molar-refractivity contribution in [2.45, 2.75) is 20.3 Å². The van der Waals surface area contributed by atoms with Crippen molar-refractivity contribution in [3.63, 3.8) is 0 Å². The lowest BCUT2D eigenvalue weighted by Crippen LogP contribution is -2.22. The fraction of sp³-hybridized carbons (Fsp3) is 0.167. The highest BCUT2D eigenvalue weighted by atomic mass is 35.5. The molecule has 28 heavy (non-hydrogen) atoms. The topological polar surface area (TPSA) is 140 Å². The van der Waals surface area contributed by atoms with Crippen molar-refractivity contribution < 1.29 is 14.5 Å². The van der Waals surface area contributed by atoms with Gasteiger partial charge in [0.05, 0.1) is 16.9 Å². The SMILES string of the molecule is C/C(CC(=O)Nc1cc(Cl)ccc1C)=N\NC(=O)c1cc(N)cc([N+](=O)[O-])c1. The Hall–Kier alpha value is -3.46. The predicted molar refractivity (Wildman–Crippen MR) is 108 cm³/mol. The van der Waals surface area contributed by atoms with Gasteiger partial charge >= 0.3 is 0 Å². The molecule has 0 aliphatic heterocycles. The Morgan fingerprint density at radius 3 is 2.64 bits per heavy atom. The molecule has 0 saturated carbocycles. The highest BCUT2D eigenvalue weighted by Gasteiger charge is 2.14. The van der Waals surface area contributed by atoms with E-state index in [2.05, 4.69) is 15.8 Å². The predicted octanol–water partition coefficient (Wildman–Crippen LogP) is 3.27. The molecule has 9 nitrogen and oxygen atoms in total. The summed E-state index contributed by atoms with van der Waals surface area (Å²) in [4.78, 5) is 34.4. The van der Waals surface area contributed by atoms with Gasteiger partial charge in [-0.1, -0.05) is 17.7 Å². The number of nitrogens with one attached hydrogen (secondary N) is 2. The molecule has 2 amide bonds. The molecule has 0 unspecified atom stereocenters. The Morgan fingerprint density at radius 2 is 1.96 bits per heavy atom. The van der Waals surface area contributed by atoms with Crippen molar-refractivity contribution in [1.82, 2.24) is 5.43 Å². The summed E-state index contributed by atoms with van der Waals surface area (Å²) in [5, 5.41) is 17.9. The van der Waals surface area contributed by atoms with Crippen LogP contribution in [-0.4, -0.2) is 22.4 Å². The number of benzene rings is 2. The van der Waals surface area contributed by atoms with Gasteiger partial charge in [-0.25, -0.2) is 5.43 Å². The lowest BCUT2D eigenvalue weighted by Gasteiger charge is -2.09. The average molecular weight is 404 g/mol. The number of non-ortho nitro benzene ring substituents is 1. The van der Waals surface area contributed by atoms with E-state index in [-0.39, 0.29) is 29.3 Å². The molecule has 0 spiro atoms. The Labute approximate surface area is 165 Å². The molecule has 0 aromatic heterocycles. The van der Waals surface area contributed by atoms with Crippen molar-refractivity contribution in [3.8, 4) is 0 Å². The van der Waals surface area contributed by atoms with E-state index in [1.807, 2.05) is 6.92 Å². The monoisotopic (exact) mass is 403 g/mol. The third-order valence-corrected chi connectivity index (χ3v) is 3.89. The van der Waals surface area contributed by atoms with Crippen molar-refractivity contribution in [2.24, 2.45) is 5.10 Å². The Kier molecular flexibility index (Phi) is 6.67. The van der Waals surface area contributed by atoms with Gasteiger partial charge in [-0.2, -0.15) is 5.10 Å². The number of nitrogen functional groups attached to an aromatic ring is 1. The quantitative estimate of drug-likeness (QED) is 0.294. The molecule has 10 heteroatoms. The average Bonchev–Trinajstić information content (AvgIpc) is 2.62. The summed E-state index contributed by atoms with van der Waals surface area (Å²) in [7, 11) is 0. The van der Waals surface area contributed by atoms with Crippen LogP contribution in [0.4, 0.5) is 17.1 Å². The van der Waals surface area contributed by atoms with Gasteiger partial charge in [-0.3, -0.25) is 19.7 Å². The van der Waals surface area contributed by atoms with Crippen LogP contribution in [0.25, 0.3) is 0 Å². The minimum Gasteiger partial charge on any atom is -0.399 e. The van der Waals surface area contributed by atoms with Gasteiger partial charge in [0, 0.05) is 34.2 Å². The van der Waals surface area contributed by atoms with E-state index in [1.54, 1.807) is 25.1 Å². The van der Waals surface area contributed by atoms with Crippen LogP contribution in [0.3, 0.4) is 0 Å². The largest absolute Gasteiger partial charge is 0.399 e. The first-order valence-corrected chi connectivity index (χ1v) is 8.48. The number of carbonyl (C=O) groups is 2. The van der Waals surface area contributed by atoms with Crippen LogP contribution in [0.15, 0.2) is 41.5 Å². The molecule has 146 valence electrons. The van der Waals surface area contributed by atoms with E-state index in [1.165, 1.54) is 6.07 Å². The second kappa shape index (κ2) is 8.96. The molecule has 2 rings (SSSR count). The standard InChI is InChI=1S/C18H18ClN5O4/c1-10-3-4-13(19)8-16(10)21-17(25)5-11(2)22-23-18(26)12-6-14(20)9-15(7-12)24(27)28/h3-4,6-9H,5,20H2,1-2H3,(H,21,25)(H,23,26)/b22-11+. The van der Waals surface area contributed by atoms with Crippen LogP contribution in [0.1, 0.15) is 29.3 Å². The van der Waals surface area contributed by atoms with Gasteiger partial charge in [0.2, 0.25) is 5.91 Å². The van der Waals surface area contributed by atoms with Crippen LogP contribution >= 0.6 is 11.6 Å². The molecule has 2 aromatic rings.